The van der Waals surface area contributed by atoms with Crippen LogP contribution in [0.4, 0.5) is 0 Å². The summed E-state index contributed by atoms with van der Waals surface area (Å²) >= 11 is 2.38. The lowest BCUT2D eigenvalue weighted by molar-refractivity contribution is 0.477. The Morgan fingerprint density at radius 1 is 1.32 bits per heavy atom. The number of hydrogen-bond donors (Lipinski definition) is 1. The number of hydrogen-bond acceptors (Lipinski definition) is 3. The Balaban J connectivity index is 2.25. The fraction of sp³-hybridized carbons (Fsp3) is 0.429. The van der Waals surface area contributed by atoms with E-state index in [4.69, 9.17) is 0 Å². The third-order valence-electron chi connectivity index (χ3n) is 3.15. The lowest BCUT2D eigenvalue weighted by Gasteiger charge is -2.19. The molecule has 2 rings (SSSR count). The van der Waals surface area contributed by atoms with Crippen molar-refractivity contribution in [3.8, 4) is 0 Å². The number of nitrogens with one attached hydrogen (secondary N) is 1. The lowest BCUT2D eigenvalue weighted by Crippen LogP contribution is -2.22. The molecule has 0 amide bonds. The summed E-state index contributed by atoms with van der Waals surface area (Å²) in [4.78, 5) is 4.39. The molecule has 1 aromatic carbocycles. The quantitative estimate of drug-likeness (QED) is 0.823. The van der Waals surface area contributed by atoms with Crippen LogP contribution in [-0.2, 0) is 6.42 Å². The van der Waals surface area contributed by atoms with Gasteiger partial charge < -0.3 is 5.32 Å². The number of aromatic nitrogens is 3. The molecule has 1 N–H and O–H groups in total. The van der Waals surface area contributed by atoms with Crippen LogP contribution in [-0.4, -0.2) is 21.8 Å². The SMILES string of the molecule is CNC(Cc1ncnn1C(C)C)c1ccccc1I. The first-order valence-corrected chi connectivity index (χ1v) is 7.51. The molecule has 0 fully saturated rings. The monoisotopic (exact) mass is 370 g/mol. The maximum absolute atomic E-state index is 4.39. The Labute approximate surface area is 127 Å². The Morgan fingerprint density at radius 2 is 2.05 bits per heavy atom. The van der Waals surface area contributed by atoms with Gasteiger partial charge in [0, 0.05) is 22.1 Å². The molecule has 19 heavy (non-hydrogen) atoms. The highest BCUT2D eigenvalue weighted by Gasteiger charge is 2.17. The van der Waals surface area contributed by atoms with Gasteiger partial charge in [-0.25, -0.2) is 9.67 Å². The first kappa shape index (κ1) is 14.5. The highest BCUT2D eigenvalue weighted by Crippen LogP contribution is 2.23. The predicted octanol–water partition coefficient (Wildman–Crippen LogP) is 2.97. The van der Waals surface area contributed by atoms with Gasteiger partial charge in [0.15, 0.2) is 0 Å². The third-order valence-corrected chi connectivity index (χ3v) is 4.13. The summed E-state index contributed by atoms with van der Waals surface area (Å²) in [6.45, 7) is 4.25. The van der Waals surface area contributed by atoms with E-state index in [1.165, 1.54) is 9.13 Å². The molecule has 102 valence electrons. The van der Waals surface area contributed by atoms with Crippen LogP contribution >= 0.6 is 22.6 Å². The van der Waals surface area contributed by atoms with Crippen LogP contribution in [0.3, 0.4) is 0 Å². The lowest BCUT2D eigenvalue weighted by atomic mass is 10.0. The minimum absolute atomic E-state index is 0.259. The van der Waals surface area contributed by atoms with Crippen molar-refractivity contribution in [2.24, 2.45) is 0 Å². The van der Waals surface area contributed by atoms with E-state index >= 15 is 0 Å². The van der Waals surface area contributed by atoms with E-state index < -0.39 is 0 Å². The zero-order valence-corrected chi connectivity index (χ0v) is 13.6. The molecule has 2 aromatic rings. The number of halogens is 1. The largest absolute Gasteiger partial charge is 0.313 e. The van der Waals surface area contributed by atoms with Crippen molar-refractivity contribution in [3.63, 3.8) is 0 Å². The maximum atomic E-state index is 4.39. The van der Waals surface area contributed by atoms with E-state index in [2.05, 4.69) is 76.1 Å². The first-order valence-electron chi connectivity index (χ1n) is 6.43. The van der Waals surface area contributed by atoms with Crippen LogP contribution < -0.4 is 5.32 Å². The molecule has 1 unspecified atom stereocenters. The summed E-state index contributed by atoms with van der Waals surface area (Å²) < 4.78 is 3.26. The molecule has 0 aliphatic rings. The number of benzene rings is 1. The molecule has 1 atom stereocenters. The van der Waals surface area contributed by atoms with Gasteiger partial charge in [-0.1, -0.05) is 18.2 Å². The van der Waals surface area contributed by atoms with Crippen molar-refractivity contribution >= 4 is 22.6 Å². The highest BCUT2D eigenvalue weighted by molar-refractivity contribution is 14.1. The average molecular weight is 370 g/mol. The molecule has 1 heterocycles. The molecule has 5 heteroatoms. The summed E-state index contributed by atoms with van der Waals surface area (Å²) in [6.07, 6.45) is 2.48. The summed E-state index contributed by atoms with van der Waals surface area (Å²) in [5.74, 6) is 1.02. The Kier molecular flexibility index (Phi) is 4.93. The zero-order chi connectivity index (χ0) is 13.8. The molecular weight excluding hydrogens is 351 g/mol. The molecule has 4 nitrogen and oxygen atoms in total. The Bertz CT molecular complexity index is 536. The van der Waals surface area contributed by atoms with Gasteiger partial charge >= 0.3 is 0 Å². The van der Waals surface area contributed by atoms with Gasteiger partial charge in [-0.05, 0) is 55.1 Å². The molecule has 0 saturated heterocycles. The third kappa shape index (κ3) is 3.33. The summed E-state index contributed by atoms with van der Waals surface area (Å²) in [6, 6.07) is 9.04. The van der Waals surface area contributed by atoms with Crippen LogP contribution in [0, 0.1) is 3.57 Å². The summed E-state index contributed by atoms with van der Waals surface area (Å²) in [5, 5.41) is 7.67. The number of nitrogens with zero attached hydrogens (tertiary/aromatic N) is 3. The van der Waals surface area contributed by atoms with E-state index in [1.54, 1.807) is 6.33 Å². The second-order valence-corrected chi connectivity index (χ2v) is 5.94. The standard InChI is InChI=1S/C14H19IN4/c1-10(2)19-14(17-9-18-19)8-13(16-3)11-6-4-5-7-12(11)15/h4-7,9-10,13,16H,8H2,1-3H3. The molecular formula is C14H19IN4. The molecule has 0 bridgehead atoms. The normalized spacial score (nSPS) is 12.9. The zero-order valence-electron chi connectivity index (χ0n) is 11.5. The van der Waals surface area contributed by atoms with Crippen molar-refractivity contribution in [2.75, 3.05) is 7.05 Å². The molecule has 0 spiro atoms. The average Bonchev–Trinajstić information content (AvgIpc) is 2.85. The minimum Gasteiger partial charge on any atom is -0.313 e. The van der Waals surface area contributed by atoms with Crippen LogP contribution in [0.25, 0.3) is 0 Å². The highest BCUT2D eigenvalue weighted by atomic mass is 127. The first-order chi connectivity index (χ1) is 9.13. The molecule has 0 saturated carbocycles. The van der Waals surface area contributed by atoms with Crippen LogP contribution in [0.2, 0.25) is 0 Å². The minimum atomic E-state index is 0.259. The fourth-order valence-corrected chi connectivity index (χ4v) is 2.92. The van der Waals surface area contributed by atoms with E-state index in [0.717, 1.165) is 12.2 Å². The van der Waals surface area contributed by atoms with Gasteiger partial charge in [0.05, 0.1) is 0 Å². The number of rotatable bonds is 5. The maximum Gasteiger partial charge on any atom is 0.138 e. The van der Waals surface area contributed by atoms with Gasteiger partial charge in [-0.15, -0.1) is 0 Å². The van der Waals surface area contributed by atoms with Crippen LogP contribution in [0.5, 0.6) is 0 Å². The van der Waals surface area contributed by atoms with E-state index in [-0.39, 0.29) is 6.04 Å². The molecule has 0 aliphatic heterocycles. The van der Waals surface area contributed by atoms with Crippen molar-refractivity contribution < 1.29 is 0 Å². The molecule has 1 aromatic heterocycles. The Hall–Kier alpha value is -0.950. The van der Waals surface area contributed by atoms with Gasteiger partial charge in [0.1, 0.15) is 12.2 Å². The molecule has 0 radical (unpaired) electrons. The summed E-state index contributed by atoms with van der Waals surface area (Å²) in [7, 11) is 1.99. The van der Waals surface area contributed by atoms with Crippen molar-refractivity contribution in [3.05, 3.63) is 45.6 Å². The van der Waals surface area contributed by atoms with Gasteiger partial charge in [-0.3, -0.25) is 0 Å². The number of likely N-dealkylation sites (N-methyl/N-ethyl adjacent to an activating group) is 1. The topological polar surface area (TPSA) is 42.7 Å². The van der Waals surface area contributed by atoms with E-state index in [9.17, 15) is 0 Å². The Morgan fingerprint density at radius 3 is 2.68 bits per heavy atom. The van der Waals surface area contributed by atoms with Crippen LogP contribution in [0.1, 0.15) is 37.3 Å². The smallest absolute Gasteiger partial charge is 0.138 e. The fourth-order valence-electron chi connectivity index (χ4n) is 2.16. The van der Waals surface area contributed by atoms with Gasteiger partial charge in [0.25, 0.3) is 0 Å². The van der Waals surface area contributed by atoms with Crippen molar-refractivity contribution in [1.82, 2.24) is 20.1 Å². The van der Waals surface area contributed by atoms with Crippen molar-refractivity contribution in [1.29, 1.82) is 0 Å². The van der Waals surface area contributed by atoms with Crippen molar-refractivity contribution in [2.45, 2.75) is 32.4 Å². The van der Waals surface area contributed by atoms with Gasteiger partial charge in [0.2, 0.25) is 0 Å². The molecule has 0 aliphatic carbocycles. The van der Waals surface area contributed by atoms with E-state index in [0.29, 0.717) is 6.04 Å². The second-order valence-electron chi connectivity index (χ2n) is 4.78. The van der Waals surface area contributed by atoms with Gasteiger partial charge in [-0.2, -0.15) is 5.10 Å². The van der Waals surface area contributed by atoms with Crippen LogP contribution in [0.15, 0.2) is 30.6 Å². The predicted molar refractivity (Wildman–Crippen MR) is 85.1 cm³/mol. The van der Waals surface area contributed by atoms with E-state index in [1.807, 2.05) is 11.7 Å². The second kappa shape index (κ2) is 6.47. The summed E-state index contributed by atoms with van der Waals surface area (Å²) in [5.41, 5.74) is 1.31.